The lowest BCUT2D eigenvalue weighted by atomic mass is 10.00. The van der Waals surface area contributed by atoms with Crippen LogP contribution < -0.4 is 10.1 Å². The van der Waals surface area contributed by atoms with Crippen LogP contribution in [-0.2, 0) is 0 Å². The first-order valence-electron chi connectivity index (χ1n) is 7.18. The quantitative estimate of drug-likeness (QED) is 0.870. The Morgan fingerprint density at radius 3 is 2.33 bits per heavy atom. The molecule has 0 spiro atoms. The lowest BCUT2D eigenvalue weighted by molar-refractivity contribution is 0.394. The van der Waals surface area contributed by atoms with Gasteiger partial charge in [-0.2, -0.15) is 0 Å². The number of hydrogen-bond donors (Lipinski definition) is 1. The molecule has 0 heterocycles. The predicted molar refractivity (Wildman–Crippen MR) is 84.1 cm³/mol. The van der Waals surface area contributed by atoms with Crippen molar-refractivity contribution in [2.75, 3.05) is 7.11 Å². The number of benzene rings is 2. The summed E-state index contributed by atoms with van der Waals surface area (Å²) in [6.07, 6.45) is 0. The van der Waals surface area contributed by atoms with E-state index in [1.807, 2.05) is 19.1 Å². The van der Waals surface area contributed by atoms with Gasteiger partial charge >= 0.3 is 0 Å². The Kier molecular flexibility index (Phi) is 4.97. The van der Waals surface area contributed by atoms with E-state index in [-0.39, 0.29) is 17.9 Å². The fourth-order valence-corrected chi connectivity index (χ4v) is 2.67. The third-order valence-corrected chi connectivity index (χ3v) is 3.81. The van der Waals surface area contributed by atoms with Gasteiger partial charge in [0, 0.05) is 17.6 Å². The number of ether oxygens (including phenoxy) is 1. The van der Waals surface area contributed by atoms with Gasteiger partial charge in [-0.25, -0.2) is 4.39 Å². The van der Waals surface area contributed by atoms with E-state index in [1.165, 1.54) is 23.3 Å². The topological polar surface area (TPSA) is 21.3 Å². The Balaban J connectivity index is 2.20. The zero-order chi connectivity index (χ0) is 15.4. The average molecular weight is 287 g/mol. The van der Waals surface area contributed by atoms with Gasteiger partial charge < -0.3 is 10.1 Å². The number of halogens is 1. The molecular weight excluding hydrogens is 265 g/mol. The maximum Gasteiger partial charge on any atom is 0.123 e. The van der Waals surface area contributed by atoms with Crippen molar-refractivity contribution in [3.8, 4) is 5.75 Å². The van der Waals surface area contributed by atoms with Gasteiger partial charge in [-0.05, 0) is 50.1 Å². The monoisotopic (exact) mass is 287 g/mol. The number of nitrogens with one attached hydrogen (secondary N) is 1. The number of aryl methyl sites for hydroxylation is 1. The number of methoxy groups -OCH3 is 1. The van der Waals surface area contributed by atoms with Crippen LogP contribution in [0.4, 0.5) is 4.39 Å². The minimum atomic E-state index is -0.247. The molecule has 2 nitrogen and oxygen atoms in total. The van der Waals surface area contributed by atoms with Crippen LogP contribution >= 0.6 is 0 Å². The summed E-state index contributed by atoms with van der Waals surface area (Å²) >= 11 is 0. The summed E-state index contributed by atoms with van der Waals surface area (Å²) in [6.45, 7) is 6.23. The molecule has 0 saturated heterocycles. The molecule has 2 aromatic rings. The molecule has 2 rings (SSSR count). The first kappa shape index (κ1) is 15.5. The minimum absolute atomic E-state index is 0.00902. The van der Waals surface area contributed by atoms with Crippen molar-refractivity contribution in [2.45, 2.75) is 32.9 Å². The summed E-state index contributed by atoms with van der Waals surface area (Å²) in [5.41, 5.74) is 3.33. The van der Waals surface area contributed by atoms with E-state index in [0.717, 1.165) is 5.56 Å². The molecule has 0 saturated carbocycles. The highest BCUT2D eigenvalue weighted by Gasteiger charge is 2.16. The molecule has 0 fully saturated rings. The van der Waals surface area contributed by atoms with Crippen molar-refractivity contribution < 1.29 is 9.13 Å². The Morgan fingerprint density at radius 1 is 1.00 bits per heavy atom. The summed E-state index contributed by atoms with van der Waals surface area (Å²) in [4.78, 5) is 0. The summed E-state index contributed by atoms with van der Waals surface area (Å²) in [5.74, 6) is 0.455. The van der Waals surface area contributed by atoms with E-state index in [9.17, 15) is 4.39 Å². The van der Waals surface area contributed by atoms with E-state index in [1.54, 1.807) is 13.2 Å². The predicted octanol–water partition coefficient (Wildman–Crippen LogP) is 4.55. The molecule has 112 valence electrons. The molecule has 1 N–H and O–H groups in total. The van der Waals surface area contributed by atoms with Gasteiger partial charge in [-0.1, -0.05) is 24.3 Å². The molecule has 0 aliphatic heterocycles. The van der Waals surface area contributed by atoms with Gasteiger partial charge in [0.15, 0.2) is 0 Å². The third kappa shape index (κ3) is 3.61. The Labute approximate surface area is 126 Å². The third-order valence-electron chi connectivity index (χ3n) is 3.81. The van der Waals surface area contributed by atoms with Crippen molar-refractivity contribution in [3.63, 3.8) is 0 Å². The Hall–Kier alpha value is -1.87. The number of hydrogen-bond acceptors (Lipinski definition) is 2. The molecule has 0 radical (unpaired) electrons. The fourth-order valence-electron chi connectivity index (χ4n) is 2.67. The van der Waals surface area contributed by atoms with Crippen LogP contribution in [0.2, 0.25) is 0 Å². The van der Waals surface area contributed by atoms with Crippen LogP contribution in [-0.4, -0.2) is 7.11 Å². The van der Waals surface area contributed by atoms with Crippen LogP contribution in [0.1, 0.15) is 42.6 Å². The molecule has 2 unspecified atom stereocenters. The van der Waals surface area contributed by atoms with Crippen LogP contribution in [0.3, 0.4) is 0 Å². The summed E-state index contributed by atoms with van der Waals surface area (Å²) in [7, 11) is 1.61. The van der Waals surface area contributed by atoms with E-state index < -0.39 is 0 Å². The molecule has 0 bridgehead atoms. The van der Waals surface area contributed by atoms with Gasteiger partial charge in [-0.15, -0.1) is 0 Å². The first-order chi connectivity index (χ1) is 10.0. The lowest BCUT2D eigenvalue weighted by Gasteiger charge is -2.23. The standard InChI is InChI=1S/C18H22FNO/c1-12-7-5-6-8-16(12)13(2)20-14(3)17-11-15(19)9-10-18(17)21-4/h5-11,13-14,20H,1-4H3. The van der Waals surface area contributed by atoms with Crippen LogP contribution in [0.5, 0.6) is 5.75 Å². The highest BCUT2D eigenvalue weighted by molar-refractivity contribution is 5.37. The minimum Gasteiger partial charge on any atom is -0.496 e. The molecule has 0 aliphatic rings. The summed E-state index contributed by atoms with van der Waals surface area (Å²) in [5, 5.41) is 3.51. The smallest absolute Gasteiger partial charge is 0.123 e. The van der Waals surface area contributed by atoms with Gasteiger partial charge in [-0.3, -0.25) is 0 Å². The summed E-state index contributed by atoms with van der Waals surface area (Å²) < 4.78 is 18.8. The molecule has 0 aliphatic carbocycles. The molecule has 21 heavy (non-hydrogen) atoms. The van der Waals surface area contributed by atoms with Crippen LogP contribution in [0.25, 0.3) is 0 Å². The van der Waals surface area contributed by atoms with Gasteiger partial charge in [0.05, 0.1) is 7.11 Å². The Bertz CT molecular complexity index is 612. The maximum absolute atomic E-state index is 13.5. The number of rotatable bonds is 5. The zero-order valence-corrected chi connectivity index (χ0v) is 13.0. The second-order valence-corrected chi connectivity index (χ2v) is 5.35. The second kappa shape index (κ2) is 6.72. The summed E-state index contributed by atoms with van der Waals surface area (Å²) in [6, 6.07) is 13.1. The van der Waals surface area contributed by atoms with Gasteiger partial charge in [0.1, 0.15) is 11.6 Å². The van der Waals surface area contributed by atoms with E-state index in [4.69, 9.17) is 4.74 Å². The second-order valence-electron chi connectivity index (χ2n) is 5.35. The normalized spacial score (nSPS) is 13.8. The van der Waals surface area contributed by atoms with E-state index in [0.29, 0.717) is 5.75 Å². The van der Waals surface area contributed by atoms with Crippen molar-refractivity contribution >= 4 is 0 Å². The zero-order valence-electron chi connectivity index (χ0n) is 13.0. The van der Waals surface area contributed by atoms with Crippen molar-refractivity contribution in [3.05, 3.63) is 65.0 Å². The van der Waals surface area contributed by atoms with Crippen molar-refractivity contribution in [2.24, 2.45) is 0 Å². The van der Waals surface area contributed by atoms with Gasteiger partial charge in [0.2, 0.25) is 0 Å². The highest BCUT2D eigenvalue weighted by atomic mass is 19.1. The largest absolute Gasteiger partial charge is 0.496 e. The molecule has 0 aromatic heterocycles. The van der Waals surface area contributed by atoms with E-state index in [2.05, 4.69) is 31.3 Å². The van der Waals surface area contributed by atoms with Crippen LogP contribution in [0.15, 0.2) is 42.5 Å². The van der Waals surface area contributed by atoms with Crippen molar-refractivity contribution in [1.82, 2.24) is 5.32 Å². The van der Waals surface area contributed by atoms with Crippen LogP contribution in [0, 0.1) is 12.7 Å². The SMILES string of the molecule is COc1ccc(F)cc1C(C)NC(C)c1ccccc1C. The van der Waals surface area contributed by atoms with Crippen molar-refractivity contribution in [1.29, 1.82) is 0 Å². The maximum atomic E-state index is 13.5. The van der Waals surface area contributed by atoms with E-state index >= 15 is 0 Å². The lowest BCUT2D eigenvalue weighted by Crippen LogP contribution is -2.23. The molecule has 0 amide bonds. The highest BCUT2D eigenvalue weighted by Crippen LogP contribution is 2.28. The first-order valence-corrected chi connectivity index (χ1v) is 7.18. The Morgan fingerprint density at radius 2 is 1.67 bits per heavy atom. The molecular formula is C18H22FNO. The fraction of sp³-hybridized carbons (Fsp3) is 0.333. The molecule has 2 aromatic carbocycles. The molecule has 2 atom stereocenters. The van der Waals surface area contributed by atoms with Gasteiger partial charge in [0.25, 0.3) is 0 Å². The molecule has 3 heteroatoms. The average Bonchev–Trinajstić information content (AvgIpc) is 2.47.